The SMILES string of the molecule is COc1cc(C2C3=C(CCCC3=O)N(CCc3ccccc3)C3=C2C(=O)CCC3)cc(I)c1OCc1cccc(F)c1. The quantitative estimate of drug-likeness (QED) is 0.229. The van der Waals surface area contributed by atoms with E-state index in [1.54, 1.807) is 13.2 Å². The van der Waals surface area contributed by atoms with Crippen molar-refractivity contribution in [2.45, 2.75) is 57.5 Å². The van der Waals surface area contributed by atoms with Crippen LogP contribution in [0.25, 0.3) is 0 Å². The summed E-state index contributed by atoms with van der Waals surface area (Å²) in [5.41, 5.74) is 6.47. The molecule has 0 spiro atoms. The molecule has 0 radical (unpaired) electrons. The molecule has 0 fully saturated rings. The second kappa shape index (κ2) is 12.4. The van der Waals surface area contributed by atoms with Crippen LogP contribution in [0.3, 0.4) is 0 Å². The Balaban J connectivity index is 1.41. The first-order chi connectivity index (χ1) is 20.4. The maximum absolute atomic E-state index is 13.7. The van der Waals surface area contributed by atoms with E-state index < -0.39 is 5.92 Å². The number of ketones is 2. The average Bonchev–Trinajstić information content (AvgIpc) is 2.99. The van der Waals surface area contributed by atoms with Gasteiger partial charge in [0.25, 0.3) is 0 Å². The maximum atomic E-state index is 13.7. The summed E-state index contributed by atoms with van der Waals surface area (Å²) in [6.07, 6.45) is 5.09. The van der Waals surface area contributed by atoms with E-state index in [0.717, 1.165) is 70.3 Å². The maximum Gasteiger partial charge on any atom is 0.174 e. The number of methoxy groups -OCH3 is 1. The smallest absolute Gasteiger partial charge is 0.174 e. The highest BCUT2D eigenvalue weighted by molar-refractivity contribution is 14.1. The number of ether oxygens (including phenoxy) is 2. The fourth-order valence-corrected chi connectivity index (χ4v) is 7.32. The zero-order valence-electron chi connectivity index (χ0n) is 23.6. The van der Waals surface area contributed by atoms with Gasteiger partial charge in [0.05, 0.1) is 10.7 Å². The van der Waals surface area contributed by atoms with Crippen molar-refractivity contribution in [1.29, 1.82) is 0 Å². The third-order valence-electron chi connectivity index (χ3n) is 8.41. The minimum Gasteiger partial charge on any atom is -0.493 e. The number of hydrogen-bond acceptors (Lipinski definition) is 5. The zero-order chi connectivity index (χ0) is 29.2. The molecule has 0 aromatic heterocycles. The largest absolute Gasteiger partial charge is 0.493 e. The summed E-state index contributed by atoms with van der Waals surface area (Å²) in [4.78, 5) is 29.7. The van der Waals surface area contributed by atoms with E-state index in [-0.39, 0.29) is 24.0 Å². The minimum atomic E-state index is -0.428. The summed E-state index contributed by atoms with van der Waals surface area (Å²) in [6, 6.07) is 20.6. The molecule has 3 aliphatic rings. The molecule has 216 valence electrons. The predicted molar refractivity (Wildman–Crippen MR) is 168 cm³/mol. The van der Waals surface area contributed by atoms with Crippen LogP contribution in [0, 0.1) is 9.39 Å². The highest BCUT2D eigenvalue weighted by Gasteiger charge is 2.43. The van der Waals surface area contributed by atoms with Gasteiger partial charge in [-0.05, 0) is 95.7 Å². The van der Waals surface area contributed by atoms with Gasteiger partial charge in [0.1, 0.15) is 12.4 Å². The lowest BCUT2D eigenvalue weighted by molar-refractivity contribution is -0.117. The monoisotopic (exact) mass is 677 g/mol. The van der Waals surface area contributed by atoms with Crippen molar-refractivity contribution >= 4 is 34.2 Å². The Hall–Kier alpha value is -3.46. The second-order valence-corrected chi connectivity index (χ2v) is 12.2. The van der Waals surface area contributed by atoms with Crippen LogP contribution in [0.5, 0.6) is 11.5 Å². The van der Waals surface area contributed by atoms with Crippen molar-refractivity contribution in [3.63, 3.8) is 0 Å². The molecule has 6 rings (SSSR count). The van der Waals surface area contributed by atoms with Gasteiger partial charge in [-0.1, -0.05) is 42.5 Å². The van der Waals surface area contributed by atoms with Crippen LogP contribution in [-0.4, -0.2) is 30.1 Å². The number of allylic oxidation sites excluding steroid dienone is 4. The first-order valence-corrected chi connectivity index (χ1v) is 15.6. The molecule has 1 aliphatic heterocycles. The van der Waals surface area contributed by atoms with Gasteiger partial charge in [-0.2, -0.15) is 0 Å². The van der Waals surface area contributed by atoms with Crippen molar-refractivity contribution in [2.75, 3.05) is 13.7 Å². The lowest BCUT2D eigenvalue weighted by Crippen LogP contribution is -2.40. The van der Waals surface area contributed by atoms with Gasteiger partial charge in [-0.3, -0.25) is 9.59 Å². The Bertz CT molecular complexity index is 1550. The summed E-state index contributed by atoms with van der Waals surface area (Å²) >= 11 is 2.22. The van der Waals surface area contributed by atoms with Crippen molar-refractivity contribution in [1.82, 2.24) is 4.90 Å². The standard InChI is InChI=1S/C35H33FINO4/c1-41-31-20-24(19-26(37)35(31)42-21-23-10-5-11-25(36)18-23)32-33-27(12-6-14-29(33)39)38(17-16-22-8-3-2-4-9-22)28-13-7-15-30(40)34(28)32/h2-5,8-11,18-20,32H,6-7,12-17,21H2,1H3. The van der Waals surface area contributed by atoms with Gasteiger partial charge in [0.2, 0.25) is 0 Å². The van der Waals surface area contributed by atoms with E-state index in [9.17, 15) is 14.0 Å². The Morgan fingerprint density at radius 2 is 1.52 bits per heavy atom. The van der Waals surface area contributed by atoms with E-state index in [2.05, 4.69) is 39.6 Å². The van der Waals surface area contributed by atoms with Gasteiger partial charge in [-0.25, -0.2) is 4.39 Å². The Labute approximate surface area is 259 Å². The molecule has 3 aromatic carbocycles. The molecule has 0 atom stereocenters. The van der Waals surface area contributed by atoms with Crippen LogP contribution in [0.1, 0.15) is 61.1 Å². The summed E-state index contributed by atoms with van der Waals surface area (Å²) in [6.45, 7) is 0.924. The molecule has 2 aliphatic carbocycles. The Kier molecular flexibility index (Phi) is 8.47. The van der Waals surface area contributed by atoms with Crippen LogP contribution < -0.4 is 9.47 Å². The van der Waals surface area contributed by atoms with Crippen LogP contribution in [-0.2, 0) is 22.6 Å². The summed E-state index contributed by atoms with van der Waals surface area (Å²) in [7, 11) is 1.59. The zero-order valence-corrected chi connectivity index (χ0v) is 25.8. The third kappa shape index (κ3) is 5.63. The van der Waals surface area contributed by atoms with Gasteiger partial charge < -0.3 is 14.4 Å². The van der Waals surface area contributed by atoms with E-state index in [1.165, 1.54) is 17.7 Å². The fraction of sp³-hybridized carbons (Fsp3) is 0.314. The topological polar surface area (TPSA) is 55.8 Å². The van der Waals surface area contributed by atoms with Crippen LogP contribution in [0.15, 0.2) is 89.3 Å². The third-order valence-corrected chi connectivity index (χ3v) is 9.21. The van der Waals surface area contributed by atoms with E-state index in [0.29, 0.717) is 29.9 Å². The van der Waals surface area contributed by atoms with Crippen molar-refractivity contribution in [3.8, 4) is 11.5 Å². The molecule has 0 N–H and O–H groups in total. The number of hydrogen-bond donors (Lipinski definition) is 0. The molecule has 0 unspecified atom stereocenters. The number of rotatable bonds is 8. The minimum absolute atomic E-state index is 0.122. The predicted octanol–water partition coefficient (Wildman–Crippen LogP) is 7.67. The molecule has 42 heavy (non-hydrogen) atoms. The Morgan fingerprint density at radius 3 is 2.17 bits per heavy atom. The number of halogens is 2. The second-order valence-electron chi connectivity index (χ2n) is 11.0. The van der Waals surface area contributed by atoms with Crippen LogP contribution >= 0.6 is 22.6 Å². The van der Waals surface area contributed by atoms with Gasteiger partial charge in [0.15, 0.2) is 23.1 Å². The number of benzene rings is 3. The number of nitrogens with zero attached hydrogens (tertiary/aromatic N) is 1. The lowest BCUT2D eigenvalue weighted by Gasteiger charge is -2.44. The van der Waals surface area contributed by atoms with Crippen molar-refractivity contribution in [2.24, 2.45) is 0 Å². The molecule has 0 bridgehead atoms. The van der Waals surface area contributed by atoms with Crippen LogP contribution in [0.2, 0.25) is 0 Å². The molecule has 7 heteroatoms. The molecular formula is C35H33FINO4. The summed E-state index contributed by atoms with van der Waals surface area (Å²) < 4.78 is 26.4. The average molecular weight is 678 g/mol. The van der Waals surface area contributed by atoms with E-state index in [4.69, 9.17) is 9.47 Å². The van der Waals surface area contributed by atoms with Gasteiger partial charge in [0, 0.05) is 47.8 Å². The summed E-state index contributed by atoms with van der Waals surface area (Å²) in [5.74, 6) is 0.580. The van der Waals surface area contributed by atoms with Gasteiger partial charge in [-0.15, -0.1) is 0 Å². The van der Waals surface area contributed by atoms with E-state index in [1.807, 2.05) is 36.4 Å². The fourth-order valence-electron chi connectivity index (χ4n) is 6.53. The molecule has 5 nitrogen and oxygen atoms in total. The first-order valence-electron chi connectivity index (χ1n) is 14.5. The number of carbonyl (C=O) groups excluding carboxylic acids is 2. The number of Topliss-reactive ketones (excluding diaryl/α,β-unsaturated/α-hetero) is 2. The normalized spacial score (nSPS) is 17.4. The molecule has 0 saturated heterocycles. The van der Waals surface area contributed by atoms with Crippen molar-refractivity contribution < 1.29 is 23.5 Å². The molecule has 0 amide bonds. The molecule has 0 saturated carbocycles. The van der Waals surface area contributed by atoms with Crippen LogP contribution in [0.4, 0.5) is 4.39 Å². The highest BCUT2D eigenvalue weighted by Crippen LogP contribution is 2.50. The summed E-state index contributed by atoms with van der Waals surface area (Å²) in [5, 5.41) is 0. The molecular weight excluding hydrogens is 644 g/mol. The lowest BCUT2D eigenvalue weighted by atomic mass is 9.71. The van der Waals surface area contributed by atoms with Gasteiger partial charge >= 0.3 is 0 Å². The highest BCUT2D eigenvalue weighted by atomic mass is 127. The Morgan fingerprint density at radius 1 is 0.857 bits per heavy atom. The first kappa shape index (κ1) is 28.6. The molecule has 1 heterocycles. The van der Waals surface area contributed by atoms with Crippen molar-refractivity contribution in [3.05, 3.63) is 115 Å². The van der Waals surface area contributed by atoms with E-state index >= 15 is 0 Å². The molecule has 3 aromatic rings. The number of carbonyl (C=O) groups is 2.